The average Bonchev–Trinajstić information content (AvgIpc) is 2.30. The van der Waals surface area contributed by atoms with Gasteiger partial charge < -0.3 is 10.1 Å². The third-order valence-corrected chi connectivity index (χ3v) is 3.00. The maximum atomic E-state index is 5.47. The van der Waals surface area contributed by atoms with E-state index in [4.69, 9.17) is 4.74 Å². The molecule has 16 heavy (non-hydrogen) atoms. The standard InChI is InChI=1S/C14H25NO/c1-3-4-5-6-7-8-9-10-14-13(2)15-11-12-16-14/h11-12,15H,3-10H2,1-2H3. The molecular weight excluding hydrogens is 198 g/mol. The summed E-state index contributed by atoms with van der Waals surface area (Å²) in [6, 6.07) is 0. The predicted octanol–water partition coefficient (Wildman–Crippen LogP) is 4.45. The normalized spacial score (nSPS) is 14.9. The van der Waals surface area contributed by atoms with Crippen LogP contribution in [-0.2, 0) is 4.74 Å². The van der Waals surface area contributed by atoms with E-state index in [9.17, 15) is 0 Å². The molecule has 0 radical (unpaired) electrons. The third-order valence-electron chi connectivity index (χ3n) is 3.00. The smallest absolute Gasteiger partial charge is 0.122 e. The van der Waals surface area contributed by atoms with Crippen LogP contribution in [0.2, 0.25) is 0 Å². The number of nitrogens with one attached hydrogen (secondary N) is 1. The van der Waals surface area contributed by atoms with Crippen molar-refractivity contribution in [1.29, 1.82) is 0 Å². The minimum absolute atomic E-state index is 1.07. The fraction of sp³-hybridized carbons (Fsp3) is 0.714. The van der Waals surface area contributed by atoms with E-state index in [-0.39, 0.29) is 0 Å². The van der Waals surface area contributed by atoms with E-state index in [1.54, 1.807) is 6.26 Å². The fourth-order valence-electron chi connectivity index (χ4n) is 1.93. The molecule has 0 saturated carbocycles. The first-order valence-corrected chi connectivity index (χ1v) is 6.62. The van der Waals surface area contributed by atoms with Crippen LogP contribution in [0.1, 0.15) is 65.2 Å². The Hall–Kier alpha value is -0.920. The van der Waals surface area contributed by atoms with E-state index in [1.807, 2.05) is 6.20 Å². The summed E-state index contributed by atoms with van der Waals surface area (Å²) in [7, 11) is 0. The Morgan fingerprint density at radius 2 is 1.75 bits per heavy atom. The van der Waals surface area contributed by atoms with Crippen molar-refractivity contribution in [3.63, 3.8) is 0 Å². The molecule has 0 atom stereocenters. The molecule has 0 unspecified atom stereocenters. The van der Waals surface area contributed by atoms with Crippen LogP contribution in [0, 0.1) is 0 Å². The highest BCUT2D eigenvalue weighted by molar-refractivity contribution is 5.10. The Balaban J connectivity index is 1.98. The molecule has 2 heteroatoms. The SMILES string of the molecule is CCCCCCCCCC1=C(C)NC=CO1. The molecule has 1 heterocycles. The molecule has 1 aliphatic heterocycles. The summed E-state index contributed by atoms with van der Waals surface area (Å²) in [5, 5.41) is 3.17. The van der Waals surface area contributed by atoms with Crippen LogP contribution in [0.25, 0.3) is 0 Å². The molecule has 0 amide bonds. The van der Waals surface area contributed by atoms with Crippen molar-refractivity contribution in [2.75, 3.05) is 0 Å². The molecule has 0 aliphatic carbocycles. The monoisotopic (exact) mass is 223 g/mol. The Morgan fingerprint density at radius 1 is 1.06 bits per heavy atom. The Kier molecular flexibility index (Phi) is 6.78. The van der Waals surface area contributed by atoms with Gasteiger partial charge >= 0.3 is 0 Å². The second-order valence-electron chi connectivity index (χ2n) is 4.48. The van der Waals surface area contributed by atoms with E-state index < -0.39 is 0 Å². The van der Waals surface area contributed by atoms with Gasteiger partial charge in [-0.05, 0) is 13.3 Å². The van der Waals surface area contributed by atoms with E-state index in [0.29, 0.717) is 0 Å². The first-order chi connectivity index (χ1) is 7.84. The molecule has 92 valence electrons. The van der Waals surface area contributed by atoms with Crippen molar-refractivity contribution in [3.05, 3.63) is 23.9 Å². The highest BCUT2D eigenvalue weighted by Crippen LogP contribution is 2.17. The van der Waals surface area contributed by atoms with Crippen molar-refractivity contribution in [2.45, 2.75) is 65.2 Å². The number of allylic oxidation sites excluding steroid dienone is 2. The molecule has 1 N–H and O–H groups in total. The fourth-order valence-corrected chi connectivity index (χ4v) is 1.93. The van der Waals surface area contributed by atoms with Gasteiger partial charge in [0.1, 0.15) is 12.0 Å². The van der Waals surface area contributed by atoms with Gasteiger partial charge in [-0.1, -0.05) is 45.4 Å². The topological polar surface area (TPSA) is 21.3 Å². The summed E-state index contributed by atoms with van der Waals surface area (Å²) in [6.45, 7) is 4.33. The largest absolute Gasteiger partial charge is 0.466 e. The summed E-state index contributed by atoms with van der Waals surface area (Å²) in [5.41, 5.74) is 1.16. The molecule has 0 saturated heterocycles. The Bertz CT molecular complexity index is 243. The van der Waals surface area contributed by atoms with Crippen LogP contribution in [0.3, 0.4) is 0 Å². The molecule has 2 nitrogen and oxygen atoms in total. The van der Waals surface area contributed by atoms with Gasteiger partial charge in [0.25, 0.3) is 0 Å². The first kappa shape index (κ1) is 13.1. The second-order valence-corrected chi connectivity index (χ2v) is 4.48. The second kappa shape index (κ2) is 8.26. The maximum Gasteiger partial charge on any atom is 0.122 e. The molecule has 0 spiro atoms. The van der Waals surface area contributed by atoms with Crippen molar-refractivity contribution in [1.82, 2.24) is 5.32 Å². The molecule has 0 fully saturated rings. The lowest BCUT2D eigenvalue weighted by molar-refractivity contribution is 0.309. The zero-order chi connectivity index (χ0) is 11.6. The minimum Gasteiger partial charge on any atom is -0.466 e. The number of hydrogen-bond acceptors (Lipinski definition) is 2. The molecule has 1 rings (SSSR count). The van der Waals surface area contributed by atoms with Crippen LogP contribution in [0.5, 0.6) is 0 Å². The van der Waals surface area contributed by atoms with Crippen LogP contribution in [-0.4, -0.2) is 0 Å². The van der Waals surface area contributed by atoms with Gasteiger partial charge in [-0.25, -0.2) is 0 Å². The predicted molar refractivity (Wildman–Crippen MR) is 68.7 cm³/mol. The van der Waals surface area contributed by atoms with Crippen molar-refractivity contribution < 1.29 is 4.74 Å². The summed E-state index contributed by atoms with van der Waals surface area (Å²) in [5.74, 6) is 1.11. The molecule has 0 aromatic carbocycles. The van der Waals surface area contributed by atoms with Crippen molar-refractivity contribution >= 4 is 0 Å². The van der Waals surface area contributed by atoms with Gasteiger partial charge in [0.2, 0.25) is 0 Å². The quantitative estimate of drug-likeness (QED) is 0.614. The van der Waals surface area contributed by atoms with Gasteiger partial charge in [0, 0.05) is 12.6 Å². The van der Waals surface area contributed by atoms with E-state index in [0.717, 1.165) is 17.9 Å². The van der Waals surface area contributed by atoms with Crippen molar-refractivity contribution in [3.8, 4) is 0 Å². The highest BCUT2D eigenvalue weighted by atomic mass is 16.5. The lowest BCUT2D eigenvalue weighted by Gasteiger charge is -2.15. The number of unbranched alkanes of at least 4 members (excludes halogenated alkanes) is 6. The maximum absolute atomic E-state index is 5.47. The summed E-state index contributed by atoms with van der Waals surface area (Å²) in [4.78, 5) is 0. The number of hydrogen-bond donors (Lipinski definition) is 1. The number of rotatable bonds is 8. The van der Waals surface area contributed by atoms with Gasteiger partial charge in [-0.2, -0.15) is 0 Å². The molecule has 1 aliphatic rings. The zero-order valence-corrected chi connectivity index (χ0v) is 10.7. The minimum atomic E-state index is 1.07. The summed E-state index contributed by atoms with van der Waals surface area (Å²) in [6.07, 6.45) is 14.1. The average molecular weight is 223 g/mol. The lowest BCUT2D eigenvalue weighted by atomic mass is 10.1. The summed E-state index contributed by atoms with van der Waals surface area (Å²) < 4.78 is 5.47. The van der Waals surface area contributed by atoms with Gasteiger partial charge in [0.15, 0.2) is 0 Å². The van der Waals surface area contributed by atoms with Crippen LogP contribution >= 0.6 is 0 Å². The van der Waals surface area contributed by atoms with Crippen LogP contribution in [0.15, 0.2) is 23.9 Å². The van der Waals surface area contributed by atoms with Gasteiger partial charge in [0.05, 0.1) is 5.70 Å². The Labute approximate surface area is 99.8 Å². The van der Waals surface area contributed by atoms with Gasteiger partial charge in [-0.15, -0.1) is 0 Å². The molecular formula is C14H25NO. The number of ether oxygens (including phenoxy) is 1. The van der Waals surface area contributed by atoms with E-state index >= 15 is 0 Å². The Morgan fingerprint density at radius 3 is 2.44 bits per heavy atom. The first-order valence-electron chi connectivity index (χ1n) is 6.62. The molecule has 0 aromatic heterocycles. The van der Waals surface area contributed by atoms with E-state index in [2.05, 4.69) is 19.2 Å². The molecule has 0 bridgehead atoms. The van der Waals surface area contributed by atoms with Crippen molar-refractivity contribution in [2.24, 2.45) is 0 Å². The van der Waals surface area contributed by atoms with Crippen LogP contribution < -0.4 is 5.32 Å². The molecule has 0 aromatic rings. The zero-order valence-electron chi connectivity index (χ0n) is 10.7. The lowest BCUT2D eigenvalue weighted by Crippen LogP contribution is -2.10. The van der Waals surface area contributed by atoms with E-state index in [1.165, 1.54) is 44.9 Å². The van der Waals surface area contributed by atoms with Gasteiger partial charge in [-0.3, -0.25) is 0 Å². The van der Waals surface area contributed by atoms with Crippen LogP contribution in [0.4, 0.5) is 0 Å². The summed E-state index contributed by atoms with van der Waals surface area (Å²) >= 11 is 0. The third kappa shape index (κ3) is 5.24. The highest BCUT2D eigenvalue weighted by Gasteiger charge is 2.05.